The Labute approximate surface area is 118 Å². The van der Waals surface area contributed by atoms with Gasteiger partial charge in [-0.15, -0.1) is 12.3 Å². The van der Waals surface area contributed by atoms with E-state index in [0.29, 0.717) is 6.42 Å². The number of anilines is 1. The van der Waals surface area contributed by atoms with Crippen LogP contribution in [0.25, 0.3) is 0 Å². The summed E-state index contributed by atoms with van der Waals surface area (Å²) in [6.45, 7) is 1.80. The fourth-order valence-electron chi connectivity index (χ4n) is 1.66. The van der Waals surface area contributed by atoms with E-state index in [4.69, 9.17) is 16.9 Å². The van der Waals surface area contributed by atoms with Gasteiger partial charge in [0.2, 0.25) is 10.0 Å². The maximum Gasteiger partial charge on any atom is 0.241 e. The highest BCUT2D eigenvalue weighted by Crippen LogP contribution is 2.28. The molecule has 3 N–H and O–H groups in total. The predicted molar refractivity (Wildman–Crippen MR) is 75.2 cm³/mol. The van der Waals surface area contributed by atoms with Gasteiger partial charge in [-0.1, -0.05) is 6.92 Å². The van der Waals surface area contributed by atoms with Crippen LogP contribution >= 0.6 is 0 Å². The second kappa shape index (κ2) is 6.59. The lowest BCUT2D eigenvalue weighted by molar-refractivity contribution is 0.388. The van der Waals surface area contributed by atoms with Crippen LogP contribution in [-0.2, 0) is 10.0 Å². The van der Waals surface area contributed by atoms with Gasteiger partial charge in [-0.05, 0) is 18.6 Å². The SMILES string of the molecule is C#CCC(CC)NS(=O)(=O)c1cc(N)c(OC)c(F)c1. The van der Waals surface area contributed by atoms with Gasteiger partial charge in [0, 0.05) is 12.5 Å². The smallest absolute Gasteiger partial charge is 0.241 e. The Hall–Kier alpha value is -1.78. The molecule has 1 aromatic carbocycles. The van der Waals surface area contributed by atoms with Crippen molar-refractivity contribution in [2.75, 3.05) is 12.8 Å². The van der Waals surface area contributed by atoms with Crippen molar-refractivity contribution in [3.8, 4) is 18.1 Å². The van der Waals surface area contributed by atoms with Crippen LogP contribution in [0.4, 0.5) is 10.1 Å². The van der Waals surface area contributed by atoms with Gasteiger partial charge in [0.15, 0.2) is 11.6 Å². The summed E-state index contributed by atoms with van der Waals surface area (Å²) in [6.07, 6.45) is 5.95. The minimum absolute atomic E-state index is 0.0853. The number of methoxy groups -OCH3 is 1. The average molecular weight is 300 g/mol. The van der Waals surface area contributed by atoms with E-state index in [0.717, 1.165) is 12.1 Å². The van der Waals surface area contributed by atoms with Gasteiger partial charge >= 0.3 is 0 Å². The highest BCUT2D eigenvalue weighted by atomic mass is 32.2. The van der Waals surface area contributed by atoms with E-state index in [2.05, 4.69) is 10.6 Å². The summed E-state index contributed by atoms with van der Waals surface area (Å²) in [5.41, 5.74) is 5.48. The first-order chi connectivity index (χ1) is 9.35. The third-order valence-corrected chi connectivity index (χ3v) is 4.24. The Kier molecular flexibility index (Phi) is 5.36. The second-order valence-corrected chi connectivity index (χ2v) is 5.88. The first kappa shape index (κ1) is 16.3. The highest BCUT2D eigenvalue weighted by molar-refractivity contribution is 7.89. The van der Waals surface area contributed by atoms with Gasteiger partial charge in [0.1, 0.15) is 0 Å². The van der Waals surface area contributed by atoms with Crippen molar-refractivity contribution < 1.29 is 17.5 Å². The number of halogens is 1. The minimum Gasteiger partial charge on any atom is -0.492 e. The summed E-state index contributed by atoms with van der Waals surface area (Å²) in [5.74, 6) is 1.37. The van der Waals surface area contributed by atoms with Crippen molar-refractivity contribution in [3.63, 3.8) is 0 Å². The average Bonchev–Trinajstić information content (AvgIpc) is 2.37. The lowest BCUT2D eigenvalue weighted by Crippen LogP contribution is -2.34. The third kappa shape index (κ3) is 3.62. The Bertz CT molecular complexity index is 600. The maximum absolute atomic E-state index is 13.7. The molecule has 0 bridgehead atoms. The molecular formula is C13H17FN2O3S. The van der Waals surface area contributed by atoms with Crippen LogP contribution in [-0.4, -0.2) is 21.6 Å². The molecule has 0 aliphatic heterocycles. The largest absolute Gasteiger partial charge is 0.492 e. The van der Waals surface area contributed by atoms with E-state index in [1.165, 1.54) is 7.11 Å². The normalized spacial score (nSPS) is 12.7. The number of hydrogen-bond acceptors (Lipinski definition) is 4. The number of rotatable bonds is 6. The molecule has 0 radical (unpaired) electrons. The van der Waals surface area contributed by atoms with Gasteiger partial charge in [-0.25, -0.2) is 17.5 Å². The van der Waals surface area contributed by atoms with Gasteiger partial charge in [0.25, 0.3) is 0 Å². The van der Waals surface area contributed by atoms with Gasteiger partial charge in [0.05, 0.1) is 17.7 Å². The molecule has 0 spiro atoms. The molecule has 0 heterocycles. The molecular weight excluding hydrogens is 283 g/mol. The summed E-state index contributed by atoms with van der Waals surface area (Å²) >= 11 is 0. The molecule has 1 atom stereocenters. The van der Waals surface area contributed by atoms with E-state index in [9.17, 15) is 12.8 Å². The van der Waals surface area contributed by atoms with Crippen molar-refractivity contribution in [2.45, 2.75) is 30.7 Å². The van der Waals surface area contributed by atoms with Gasteiger partial charge < -0.3 is 10.5 Å². The zero-order valence-corrected chi connectivity index (χ0v) is 12.1. The summed E-state index contributed by atoms with van der Waals surface area (Å²) in [4.78, 5) is -0.260. The Morgan fingerprint density at radius 2 is 2.20 bits per heavy atom. The molecule has 0 saturated heterocycles. The van der Waals surface area contributed by atoms with Crippen LogP contribution in [0.15, 0.2) is 17.0 Å². The Morgan fingerprint density at radius 3 is 2.65 bits per heavy atom. The van der Waals surface area contributed by atoms with Crippen molar-refractivity contribution in [1.82, 2.24) is 4.72 Å². The predicted octanol–water partition coefficient (Wildman–Crippen LogP) is 1.50. The molecule has 5 nitrogen and oxygen atoms in total. The lowest BCUT2D eigenvalue weighted by Gasteiger charge is -2.15. The summed E-state index contributed by atoms with van der Waals surface area (Å²) in [7, 11) is -2.63. The first-order valence-corrected chi connectivity index (χ1v) is 7.42. The highest BCUT2D eigenvalue weighted by Gasteiger charge is 2.21. The molecule has 110 valence electrons. The molecule has 0 aliphatic carbocycles. The van der Waals surface area contributed by atoms with Crippen molar-refractivity contribution >= 4 is 15.7 Å². The molecule has 0 fully saturated rings. The number of nitrogens with one attached hydrogen (secondary N) is 1. The number of benzene rings is 1. The van der Waals surface area contributed by atoms with E-state index in [1.807, 2.05) is 0 Å². The Morgan fingerprint density at radius 1 is 1.55 bits per heavy atom. The van der Waals surface area contributed by atoms with Crippen LogP contribution in [0, 0.1) is 18.2 Å². The molecule has 0 amide bonds. The molecule has 20 heavy (non-hydrogen) atoms. The van der Waals surface area contributed by atoms with Crippen molar-refractivity contribution in [2.24, 2.45) is 0 Å². The Balaban J connectivity index is 3.14. The lowest BCUT2D eigenvalue weighted by atomic mass is 10.2. The minimum atomic E-state index is -3.88. The fraction of sp³-hybridized carbons (Fsp3) is 0.385. The molecule has 0 aromatic heterocycles. The molecule has 1 aromatic rings. The van der Waals surface area contributed by atoms with E-state index >= 15 is 0 Å². The van der Waals surface area contributed by atoms with Gasteiger partial charge in [-0.2, -0.15) is 0 Å². The third-order valence-electron chi connectivity index (χ3n) is 2.74. The number of nitrogens with two attached hydrogens (primary N) is 1. The zero-order valence-electron chi connectivity index (χ0n) is 11.3. The molecule has 0 aliphatic rings. The molecule has 7 heteroatoms. The molecule has 0 saturated carbocycles. The second-order valence-electron chi connectivity index (χ2n) is 4.16. The van der Waals surface area contributed by atoms with Crippen LogP contribution in [0.1, 0.15) is 19.8 Å². The summed E-state index contributed by atoms with van der Waals surface area (Å²) < 4.78 is 45.1. The number of hydrogen-bond donors (Lipinski definition) is 2. The number of nitrogen functional groups attached to an aromatic ring is 1. The maximum atomic E-state index is 13.7. The van der Waals surface area contributed by atoms with Crippen LogP contribution in [0.5, 0.6) is 5.75 Å². The quantitative estimate of drug-likeness (QED) is 0.616. The van der Waals surface area contributed by atoms with Crippen LogP contribution in [0.2, 0.25) is 0 Å². The fourth-order valence-corrected chi connectivity index (χ4v) is 3.02. The number of terminal acetylenes is 1. The van der Waals surface area contributed by atoms with Crippen LogP contribution < -0.4 is 15.2 Å². The van der Waals surface area contributed by atoms with Crippen LogP contribution in [0.3, 0.4) is 0 Å². The first-order valence-electron chi connectivity index (χ1n) is 5.94. The summed E-state index contributed by atoms with van der Waals surface area (Å²) in [6, 6.07) is 1.60. The van der Waals surface area contributed by atoms with Crippen molar-refractivity contribution in [1.29, 1.82) is 0 Å². The standard InChI is InChI=1S/C13H17FN2O3S/c1-4-6-9(5-2)16-20(17,18)10-7-11(14)13(19-3)12(15)8-10/h1,7-9,16H,5-6,15H2,2-3H3. The van der Waals surface area contributed by atoms with Crippen molar-refractivity contribution in [3.05, 3.63) is 17.9 Å². The van der Waals surface area contributed by atoms with E-state index in [-0.39, 0.29) is 22.8 Å². The van der Waals surface area contributed by atoms with Gasteiger partial charge in [-0.3, -0.25) is 0 Å². The topological polar surface area (TPSA) is 81.4 Å². The number of sulfonamides is 1. The number of ether oxygens (including phenoxy) is 1. The zero-order chi connectivity index (χ0) is 15.3. The molecule has 1 unspecified atom stereocenters. The molecule has 1 rings (SSSR count). The summed E-state index contributed by atoms with van der Waals surface area (Å²) in [5, 5.41) is 0. The monoisotopic (exact) mass is 300 g/mol. The van der Waals surface area contributed by atoms with E-state index in [1.54, 1.807) is 6.92 Å². The van der Waals surface area contributed by atoms with E-state index < -0.39 is 21.9 Å².